The van der Waals surface area contributed by atoms with Crippen molar-refractivity contribution in [2.24, 2.45) is 0 Å². The number of thiazole rings is 1. The summed E-state index contributed by atoms with van der Waals surface area (Å²) in [4.78, 5) is 40.5. The summed E-state index contributed by atoms with van der Waals surface area (Å²) in [5.74, 6) is -0.280. The molecule has 3 aromatic heterocycles. The van der Waals surface area contributed by atoms with Crippen LogP contribution in [0.5, 0.6) is 0 Å². The minimum Gasteiger partial charge on any atom is -0.289 e. The highest BCUT2D eigenvalue weighted by atomic mass is 35.5. The number of carbonyl (C=O) groups excluding carboxylic acids is 1. The molecule has 0 fully saturated rings. The van der Waals surface area contributed by atoms with E-state index in [0.717, 1.165) is 10.2 Å². The van der Waals surface area contributed by atoms with Crippen LogP contribution in [0.4, 0.5) is 5.13 Å². The highest BCUT2D eigenvalue weighted by Gasteiger charge is 2.22. The monoisotopic (exact) mass is 439 g/mol. The number of hydrogen-bond acceptors (Lipinski definition) is 6. The van der Waals surface area contributed by atoms with Gasteiger partial charge in [-0.25, -0.2) is 9.97 Å². The predicted molar refractivity (Wildman–Crippen MR) is 118 cm³/mol. The van der Waals surface area contributed by atoms with Gasteiger partial charge in [0.05, 0.1) is 28.8 Å². The van der Waals surface area contributed by atoms with Crippen molar-refractivity contribution in [3.63, 3.8) is 0 Å². The smallest absolute Gasteiger partial charge is 0.256 e. The lowest BCUT2D eigenvalue weighted by molar-refractivity contribution is -0.119. The van der Waals surface area contributed by atoms with Gasteiger partial charge in [0.15, 0.2) is 5.13 Å². The van der Waals surface area contributed by atoms with E-state index in [-0.39, 0.29) is 24.6 Å². The predicted octanol–water partition coefficient (Wildman–Crippen LogP) is 3.75. The third kappa shape index (κ3) is 4.10. The van der Waals surface area contributed by atoms with Crippen molar-refractivity contribution >= 4 is 44.2 Å². The largest absolute Gasteiger partial charge is 0.289 e. The molecule has 3 heterocycles. The van der Waals surface area contributed by atoms with E-state index in [1.807, 2.05) is 30.3 Å². The van der Waals surface area contributed by atoms with Gasteiger partial charge in [0.2, 0.25) is 5.91 Å². The molecular formula is C21H18ClN5O2S. The third-order valence-electron chi connectivity index (χ3n) is 4.74. The van der Waals surface area contributed by atoms with Crippen molar-refractivity contribution in [2.75, 3.05) is 4.90 Å². The SMILES string of the molecule is Cc1ncn(CC(=O)N(Cc2ccccn2)c2nc3ccc(Cl)cc3s2)c(=O)c1C. The summed E-state index contributed by atoms with van der Waals surface area (Å²) in [6.07, 6.45) is 3.08. The number of rotatable bonds is 5. The number of pyridine rings is 1. The van der Waals surface area contributed by atoms with Crippen molar-refractivity contribution in [3.05, 3.63) is 81.3 Å². The highest BCUT2D eigenvalue weighted by Crippen LogP contribution is 2.31. The standard InChI is InChI=1S/C21H18ClN5O2S/c1-13-14(2)24-12-26(20(13)29)11-19(28)27(10-16-5-3-4-8-23-16)21-25-17-7-6-15(22)9-18(17)30-21/h3-9,12H,10-11H2,1-2H3. The molecule has 4 aromatic rings. The van der Waals surface area contributed by atoms with Crippen LogP contribution in [0.15, 0.2) is 53.7 Å². The number of amides is 1. The minimum atomic E-state index is -0.280. The average molecular weight is 440 g/mol. The Labute approximate surface area is 181 Å². The van der Waals surface area contributed by atoms with Gasteiger partial charge in [-0.05, 0) is 44.2 Å². The van der Waals surface area contributed by atoms with Crippen molar-refractivity contribution in [1.29, 1.82) is 0 Å². The van der Waals surface area contributed by atoms with E-state index in [2.05, 4.69) is 15.0 Å². The Morgan fingerprint density at radius 3 is 2.80 bits per heavy atom. The molecule has 0 aliphatic heterocycles. The Morgan fingerprint density at radius 2 is 2.03 bits per heavy atom. The molecule has 30 heavy (non-hydrogen) atoms. The van der Waals surface area contributed by atoms with Gasteiger partial charge in [-0.2, -0.15) is 0 Å². The number of fused-ring (bicyclic) bond motifs is 1. The maximum atomic E-state index is 13.3. The summed E-state index contributed by atoms with van der Waals surface area (Å²) in [5.41, 5.74) is 2.41. The van der Waals surface area contributed by atoms with Crippen molar-refractivity contribution in [3.8, 4) is 0 Å². The molecule has 0 aliphatic rings. The maximum absolute atomic E-state index is 13.3. The minimum absolute atomic E-state index is 0.142. The van der Waals surface area contributed by atoms with Crippen LogP contribution in [0.2, 0.25) is 5.02 Å². The molecule has 4 rings (SSSR count). The Bertz CT molecular complexity index is 1290. The Hall–Kier alpha value is -3.10. The molecule has 1 aromatic carbocycles. The summed E-state index contributed by atoms with van der Waals surface area (Å²) in [6, 6.07) is 10.9. The number of anilines is 1. The summed E-state index contributed by atoms with van der Waals surface area (Å²) in [5, 5.41) is 1.13. The van der Waals surface area contributed by atoms with E-state index in [1.165, 1.54) is 22.2 Å². The molecule has 1 amide bonds. The zero-order valence-corrected chi connectivity index (χ0v) is 17.9. The van der Waals surface area contributed by atoms with Crippen LogP contribution in [0.3, 0.4) is 0 Å². The van der Waals surface area contributed by atoms with Crippen LogP contribution in [0.25, 0.3) is 10.2 Å². The van der Waals surface area contributed by atoms with Gasteiger partial charge in [0.25, 0.3) is 5.56 Å². The topological polar surface area (TPSA) is 81.0 Å². The van der Waals surface area contributed by atoms with Crippen molar-refractivity contribution in [1.82, 2.24) is 19.5 Å². The molecule has 0 saturated heterocycles. The van der Waals surface area contributed by atoms with E-state index in [4.69, 9.17) is 11.6 Å². The zero-order chi connectivity index (χ0) is 21.3. The summed E-state index contributed by atoms with van der Waals surface area (Å²) in [7, 11) is 0. The van der Waals surface area contributed by atoms with E-state index < -0.39 is 0 Å². The molecule has 0 atom stereocenters. The summed E-state index contributed by atoms with van der Waals surface area (Å²) >= 11 is 7.46. The third-order valence-corrected chi connectivity index (χ3v) is 6.01. The van der Waals surface area contributed by atoms with Crippen LogP contribution < -0.4 is 10.5 Å². The second-order valence-electron chi connectivity index (χ2n) is 6.80. The molecule has 7 nitrogen and oxygen atoms in total. The van der Waals surface area contributed by atoms with E-state index in [1.54, 1.807) is 31.0 Å². The Morgan fingerprint density at radius 1 is 1.20 bits per heavy atom. The summed E-state index contributed by atoms with van der Waals surface area (Å²) < 4.78 is 2.20. The normalized spacial score (nSPS) is 11.0. The van der Waals surface area contributed by atoms with Gasteiger partial charge in [-0.15, -0.1) is 0 Å². The van der Waals surface area contributed by atoms with Gasteiger partial charge in [-0.3, -0.25) is 24.0 Å². The van der Waals surface area contributed by atoms with E-state index in [9.17, 15) is 9.59 Å². The van der Waals surface area contributed by atoms with Crippen LogP contribution in [-0.4, -0.2) is 25.4 Å². The molecule has 0 N–H and O–H groups in total. The number of carbonyl (C=O) groups is 1. The number of benzene rings is 1. The van der Waals surface area contributed by atoms with Gasteiger partial charge in [-0.1, -0.05) is 29.0 Å². The van der Waals surface area contributed by atoms with Crippen LogP contribution in [0.1, 0.15) is 17.0 Å². The van der Waals surface area contributed by atoms with Crippen LogP contribution in [0, 0.1) is 13.8 Å². The van der Waals surface area contributed by atoms with E-state index in [0.29, 0.717) is 27.1 Å². The molecule has 0 bridgehead atoms. The fraction of sp³-hybridized carbons (Fsp3) is 0.190. The first-order chi connectivity index (χ1) is 14.4. The lowest BCUT2D eigenvalue weighted by Gasteiger charge is -2.20. The molecule has 0 spiro atoms. The van der Waals surface area contributed by atoms with Crippen LogP contribution >= 0.6 is 22.9 Å². The Balaban J connectivity index is 1.71. The maximum Gasteiger partial charge on any atom is 0.256 e. The van der Waals surface area contributed by atoms with Crippen LogP contribution in [-0.2, 0) is 17.9 Å². The lowest BCUT2D eigenvalue weighted by Crippen LogP contribution is -2.37. The highest BCUT2D eigenvalue weighted by molar-refractivity contribution is 7.22. The first kappa shape index (κ1) is 20.2. The number of aromatic nitrogens is 4. The van der Waals surface area contributed by atoms with Crippen molar-refractivity contribution in [2.45, 2.75) is 26.9 Å². The molecule has 0 radical (unpaired) electrons. The molecular weight excluding hydrogens is 422 g/mol. The quantitative estimate of drug-likeness (QED) is 0.473. The molecule has 9 heteroatoms. The van der Waals surface area contributed by atoms with Crippen molar-refractivity contribution < 1.29 is 4.79 Å². The number of halogens is 1. The second-order valence-corrected chi connectivity index (χ2v) is 8.24. The lowest BCUT2D eigenvalue weighted by atomic mass is 10.3. The number of nitrogens with zero attached hydrogens (tertiary/aromatic N) is 5. The van der Waals surface area contributed by atoms with E-state index >= 15 is 0 Å². The zero-order valence-electron chi connectivity index (χ0n) is 16.4. The number of hydrogen-bond donors (Lipinski definition) is 0. The second kappa shape index (κ2) is 8.33. The molecule has 152 valence electrons. The molecule has 0 saturated carbocycles. The average Bonchev–Trinajstić information content (AvgIpc) is 3.16. The van der Waals surface area contributed by atoms with Gasteiger partial charge < -0.3 is 0 Å². The fourth-order valence-electron chi connectivity index (χ4n) is 2.94. The van der Waals surface area contributed by atoms with Gasteiger partial charge in [0, 0.05) is 22.5 Å². The fourth-order valence-corrected chi connectivity index (χ4v) is 4.20. The Kier molecular flexibility index (Phi) is 5.61. The van der Waals surface area contributed by atoms with Gasteiger partial charge >= 0.3 is 0 Å². The molecule has 0 unspecified atom stereocenters. The number of aryl methyl sites for hydroxylation is 1. The first-order valence-corrected chi connectivity index (χ1v) is 10.4. The summed E-state index contributed by atoms with van der Waals surface area (Å²) in [6.45, 7) is 3.56. The molecule has 0 aliphatic carbocycles. The van der Waals surface area contributed by atoms with Gasteiger partial charge in [0.1, 0.15) is 6.54 Å². The first-order valence-electron chi connectivity index (χ1n) is 9.21.